The Morgan fingerprint density at radius 2 is 1.71 bits per heavy atom. The largest absolute Gasteiger partial charge is 0.411 e. The van der Waals surface area contributed by atoms with Crippen LogP contribution in [0.3, 0.4) is 0 Å². The number of aryl methyl sites for hydroxylation is 1. The molecule has 3 nitrogen and oxygen atoms in total. The Balaban J connectivity index is 1.48. The number of alkyl halides is 3. The van der Waals surface area contributed by atoms with Crippen LogP contribution in [-0.2, 0) is 9.53 Å². The Hall–Kier alpha value is -2.25. The van der Waals surface area contributed by atoms with Crippen LogP contribution in [0.15, 0.2) is 42.5 Å². The molecule has 1 spiro atoms. The highest BCUT2D eigenvalue weighted by Crippen LogP contribution is 2.41. The van der Waals surface area contributed by atoms with Gasteiger partial charge in [-0.3, -0.25) is 4.79 Å². The van der Waals surface area contributed by atoms with Gasteiger partial charge in [-0.1, -0.05) is 30.3 Å². The molecule has 2 aromatic carbocycles. The minimum atomic E-state index is -4.34. The minimum absolute atomic E-state index is 0.0983. The second-order valence-electron chi connectivity index (χ2n) is 8.58. The molecule has 7 heteroatoms. The smallest absolute Gasteiger partial charge is 0.369 e. The number of carbonyl (C=O) groups is 1. The molecular weight excluding hydrogens is 410 g/mol. The molecule has 1 heterocycles. The van der Waals surface area contributed by atoms with Crippen molar-refractivity contribution in [2.45, 2.75) is 56.3 Å². The van der Waals surface area contributed by atoms with Gasteiger partial charge in [0.15, 0.2) is 5.78 Å². The van der Waals surface area contributed by atoms with Crippen LogP contribution in [0, 0.1) is 12.7 Å². The van der Waals surface area contributed by atoms with E-state index in [-0.39, 0.29) is 17.5 Å². The van der Waals surface area contributed by atoms with E-state index in [4.69, 9.17) is 4.74 Å². The van der Waals surface area contributed by atoms with Crippen LogP contribution >= 0.6 is 0 Å². The van der Waals surface area contributed by atoms with Crippen LogP contribution in [0.1, 0.15) is 42.7 Å². The molecule has 1 N–H and O–H groups in total. The number of benzene rings is 2. The summed E-state index contributed by atoms with van der Waals surface area (Å²) in [5, 5.41) is 3.38. The summed E-state index contributed by atoms with van der Waals surface area (Å²) in [6.45, 7) is 1.22. The molecule has 1 atom stereocenters. The molecule has 2 aromatic rings. The van der Waals surface area contributed by atoms with E-state index in [0.29, 0.717) is 32.2 Å². The lowest BCUT2D eigenvalue weighted by Gasteiger charge is -2.36. The molecule has 0 radical (unpaired) electrons. The van der Waals surface area contributed by atoms with Crippen LogP contribution in [0.2, 0.25) is 0 Å². The van der Waals surface area contributed by atoms with Crippen molar-refractivity contribution < 1.29 is 27.1 Å². The molecule has 2 aliphatic rings. The summed E-state index contributed by atoms with van der Waals surface area (Å²) in [5.74, 6) is -0.516. The van der Waals surface area contributed by atoms with Gasteiger partial charge in [0, 0.05) is 6.54 Å². The summed E-state index contributed by atoms with van der Waals surface area (Å²) in [4.78, 5) is 13.4. The van der Waals surface area contributed by atoms with E-state index >= 15 is 0 Å². The van der Waals surface area contributed by atoms with Crippen molar-refractivity contribution in [3.63, 3.8) is 0 Å². The van der Waals surface area contributed by atoms with Gasteiger partial charge in [0.1, 0.15) is 12.4 Å². The minimum Gasteiger partial charge on any atom is -0.369 e. The molecule has 1 aliphatic heterocycles. The molecule has 1 aliphatic carbocycles. The SMILES string of the molecule is Cc1ccc(-c2ccc(F)cc2)cc1C1CNC2(CCC(OCC(F)(F)F)CC2)C1=O. The Morgan fingerprint density at radius 3 is 2.35 bits per heavy atom. The normalized spacial score (nSPS) is 26.5. The fourth-order valence-electron chi connectivity index (χ4n) is 4.79. The van der Waals surface area contributed by atoms with Gasteiger partial charge in [-0.25, -0.2) is 4.39 Å². The maximum atomic E-state index is 13.4. The third kappa shape index (κ3) is 4.67. The second kappa shape index (κ2) is 8.36. The van der Waals surface area contributed by atoms with E-state index in [1.165, 1.54) is 12.1 Å². The summed E-state index contributed by atoms with van der Waals surface area (Å²) in [6.07, 6.45) is -3.01. The first-order valence-corrected chi connectivity index (χ1v) is 10.5. The van der Waals surface area contributed by atoms with E-state index in [0.717, 1.165) is 22.3 Å². The molecule has 0 aromatic heterocycles. The third-order valence-corrected chi connectivity index (χ3v) is 6.53. The van der Waals surface area contributed by atoms with Gasteiger partial charge in [-0.15, -0.1) is 0 Å². The lowest BCUT2D eigenvalue weighted by Crippen LogP contribution is -2.49. The first-order valence-electron chi connectivity index (χ1n) is 10.5. The highest BCUT2D eigenvalue weighted by atomic mass is 19.4. The van der Waals surface area contributed by atoms with Crippen LogP contribution < -0.4 is 5.32 Å². The Bertz CT molecular complexity index is 947. The monoisotopic (exact) mass is 435 g/mol. The number of hydrogen-bond acceptors (Lipinski definition) is 3. The topological polar surface area (TPSA) is 38.3 Å². The molecular formula is C24H25F4NO2. The Morgan fingerprint density at radius 1 is 1.06 bits per heavy atom. The number of rotatable bonds is 4. The van der Waals surface area contributed by atoms with Gasteiger partial charge >= 0.3 is 6.18 Å². The zero-order chi connectivity index (χ0) is 22.2. The maximum Gasteiger partial charge on any atom is 0.411 e. The molecule has 1 saturated carbocycles. The molecule has 0 bridgehead atoms. The number of ketones is 1. The third-order valence-electron chi connectivity index (χ3n) is 6.53. The van der Waals surface area contributed by atoms with E-state index in [9.17, 15) is 22.4 Å². The van der Waals surface area contributed by atoms with E-state index in [1.54, 1.807) is 12.1 Å². The highest BCUT2D eigenvalue weighted by Gasteiger charge is 2.50. The van der Waals surface area contributed by atoms with Crippen molar-refractivity contribution in [1.82, 2.24) is 5.32 Å². The van der Waals surface area contributed by atoms with E-state index in [2.05, 4.69) is 5.32 Å². The van der Waals surface area contributed by atoms with Gasteiger partial charge in [0.2, 0.25) is 0 Å². The molecule has 31 heavy (non-hydrogen) atoms. The van der Waals surface area contributed by atoms with Crippen molar-refractivity contribution in [1.29, 1.82) is 0 Å². The zero-order valence-electron chi connectivity index (χ0n) is 17.3. The Kier molecular flexibility index (Phi) is 5.92. The van der Waals surface area contributed by atoms with Crippen molar-refractivity contribution in [3.05, 3.63) is 59.4 Å². The molecule has 0 amide bonds. The van der Waals surface area contributed by atoms with Crippen LogP contribution in [0.5, 0.6) is 0 Å². The Labute approximate surface area is 178 Å². The van der Waals surface area contributed by atoms with Gasteiger partial charge in [-0.05, 0) is 67.0 Å². The molecule has 1 unspecified atom stereocenters. The van der Waals surface area contributed by atoms with Gasteiger partial charge < -0.3 is 10.1 Å². The van der Waals surface area contributed by atoms with Crippen molar-refractivity contribution in [2.24, 2.45) is 0 Å². The van der Waals surface area contributed by atoms with Gasteiger partial charge in [-0.2, -0.15) is 13.2 Å². The van der Waals surface area contributed by atoms with Crippen LogP contribution in [0.25, 0.3) is 11.1 Å². The fraction of sp³-hybridized carbons (Fsp3) is 0.458. The lowest BCUT2D eigenvalue weighted by atomic mass is 9.75. The number of hydrogen-bond donors (Lipinski definition) is 1. The van der Waals surface area contributed by atoms with Gasteiger partial charge in [0.05, 0.1) is 17.6 Å². The second-order valence-corrected chi connectivity index (χ2v) is 8.58. The summed E-state index contributed by atoms with van der Waals surface area (Å²) >= 11 is 0. The predicted molar refractivity (Wildman–Crippen MR) is 109 cm³/mol. The quantitative estimate of drug-likeness (QED) is 0.661. The van der Waals surface area contributed by atoms with Crippen molar-refractivity contribution >= 4 is 5.78 Å². The fourth-order valence-corrected chi connectivity index (χ4v) is 4.79. The van der Waals surface area contributed by atoms with Crippen molar-refractivity contribution in [3.8, 4) is 11.1 Å². The lowest BCUT2D eigenvalue weighted by molar-refractivity contribution is -0.189. The average Bonchev–Trinajstić information content (AvgIpc) is 3.04. The number of Topliss-reactive ketones (excluding diaryl/α,β-unsaturated/α-hetero) is 1. The number of ether oxygens (including phenoxy) is 1. The van der Waals surface area contributed by atoms with Crippen LogP contribution in [-0.4, -0.2) is 36.8 Å². The highest BCUT2D eigenvalue weighted by molar-refractivity contribution is 5.97. The molecule has 1 saturated heterocycles. The zero-order valence-corrected chi connectivity index (χ0v) is 17.3. The first kappa shape index (κ1) is 22.0. The average molecular weight is 435 g/mol. The maximum absolute atomic E-state index is 13.4. The summed E-state index contributed by atoms with van der Waals surface area (Å²) in [6, 6.07) is 12.2. The summed E-state index contributed by atoms with van der Waals surface area (Å²) < 4.78 is 55.5. The number of carbonyl (C=O) groups excluding carboxylic acids is 1. The summed E-state index contributed by atoms with van der Waals surface area (Å²) in [7, 11) is 0. The summed E-state index contributed by atoms with van der Waals surface area (Å²) in [5.41, 5.74) is 3.04. The molecule has 2 fully saturated rings. The standard InChI is InChI=1S/C24H25F4NO2/c1-15-2-3-17(16-4-6-18(25)7-5-16)12-20(15)21-13-29-23(22(21)30)10-8-19(9-11-23)31-14-24(26,27)28/h2-7,12,19,21,29H,8-11,13-14H2,1H3. The predicted octanol–water partition coefficient (Wildman–Crippen LogP) is 5.32. The first-order chi connectivity index (χ1) is 14.7. The molecule has 4 rings (SSSR count). The van der Waals surface area contributed by atoms with E-state index in [1.807, 2.05) is 25.1 Å². The van der Waals surface area contributed by atoms with Crippen molar-refractivity contribution in [2.75, 3.05) is 13.2 Å². The number of halogens is 4. The van der Waals surface area contributed by atoms with E-state index < -0.39 is 24.4 Å². The molecule has 166 valence electrons. The number of nitrogens with one attached hydrogen (secondary N) is 1. The van der Waals surface area contributed by atoms with Gasteiger partial charge in [0.25, 0.3) is 0 Å². The van der Waals surface area contributed by atoms with Crippen LogP contribution in [0.4, 0.5) is 17.6 Å².